The number of pyridine rings is 1. The standard InChI is InChI=1S/C20H23N5O2/c1-14-4-2-5-16(23-14)18(27)25-20-8-3-7-19(12-20,9-10-20)24-17(26)15-6-11-21-13-22-15/h2,4-6,11,13H,3,7-10,12H2,1H3,(H,24,26)(H,25,27)/t19-,20+/m0/s1. The van der Waals surface area contributed by atoms with E-state index in [4.69, 9.17) is 0 Å². The van der Waals surface area contributed by atoms with Gasteiger partial charge in [-0.15, -0.1) is 0 Å². The van der Waals surface area contributed by atoms with Gasteiger partial charge in [-0.2, -0.15) is 0 Å². The first-order valence-electron chi connectivity index (χ1n) is 9.34. The highest BCUT2D eigenvalue weighted by atomic mass is 16.2. The maximum atomic E-state index is 12.7. The SMILES string of the molecule is Cc1cccc(C(=O)N[C@]23CCC[C@](NC(=O)c4ccncn4)(CC2)C3)n1. The van der Waals surface area contributed by atoms with Crippen LogP contribution in [0.3, 0.4) is 0 Å². The smallest absolute Gasteiger partial charge is 0.270 e. The number of nitrogens with zero attached hydrogens (tertiary/aromatic N) is 3. The van der Waals surface area contributed by atoms with E-state index in [-0.39, 0.29) is 22.9 Å². The van der Waals surface area contributed by atoms with Crippen molar-refractivity contribution in [3.05, 3.63) is 53.9 Å². The number of carbonyl (C=O) groups excluding carboxylic acids is 2. The summed E-state index contributed by atoms with van der Waals surface area (Å²) in [6.07, 6.45) is 8.20. The number of fused-ring (bicyclic) bond motifs is 2. The fraction of sp³-hybridized carbons (Fsp3) is 0.450. The van der Waals surface area contributed by atoms with Gasteiger partial charge in [-0.05, 0) is 63.6 Å². The molecule has 2 N–H and O–H groups in total. The molecule has 2 bridgehead atoms. The van der Waals surface area contributed by atoms with Crippen molar-refractivity contribution in [3.8, 4) is 0 Å². The first kappa shape index (κ1) is 17.6. The molecule has 2 aromatic heterocycles. The summed E-state index contributed by atoms with van der Waals surface area (Å²) in [6, 6.07) is 7.07. The minimum Gasteiger partial charge on any atom is -0.345 e. The maximum Gasteiger partial charge on any atom is 0.270 e. The second-order valence-corrected chi connectivity index (χ2v) is 7.76. The Labute approximate surface area is 158 Å². The van der Waals surface area contributed by atoms with Gasteiger partial charge in [0.15, 0.2) is 0 Å². The first-order chi connectivity index (χ1) is 13.0. The Balaban J connectivity index is 1.48. The molecule has 0 saturated heterocycles. The van der Waals surface area contributed by atoms with Crippen LogP contribution in [0.2, 0.25) is 0 Å². The number of amides is 2. The van der Waals surface area contributed by atoms with Crippen LogP contribution in [0.1, 0.15) is 65.2 Å². The minimum absolute atomic E-state index is 0.140. The zero-order valence-corrected chi connectivity index (χ0v) is 15.4. The number of aromatic nitrogens is 3. The molecular weight excluding hydrogens is 342 g/mol. The first-order valence-corrected chi connectivity index (χ1v) is 9.34. The maximum absolute atomic E-state index is 12.7. The van der Waals surface area contributed by atoms with Gasteiger partial charge in [-0.25, -0.2) is 15.0 Å². The summed E-state index contributed by atoms with van der Waals surface area (Å²) in [7, 11) is 0. The zero-order chi connectivity index (χ0) is 18.9. The van der Waals surface area contributed by atoms with Crippen LogP contribution in [-0.2, 0) is 0 Å². The third-order valence-corrected chi connectivity index (χ3v) is 5.76. The predicted molar refractivity (Wildman–Crippen MR) is 99.1 cm³/mol. The van der Waals surface area contributed by atoms with Gasteiger partial charge in [0, 0.05) is 23.0 Å². The van der Waals surface area contributed by atoms with E-state index in [0.717, 1.165) is 44.2 Å². The molecule has 140 valence electrons. The van der Waals surface area contributed by atoms with Crippen molar-refractivity contribution in [2.24, 2.45) is 0 Å². The van der Waals surface area contributed by atoms with Crippen LogP contribution >= 0.6 is 0 Å². The van der Waals surface area contributed by atoms with Gasteiger partial charge in [0.2, 0.25) is 0 Å². The molecule has 0 aromatic carbocycles. The van der Waals surface area contributed by atoms with Gasteiger partial charge >= 0.3 is 0 Å². The fourth-order valence-electron chi connectivity index (χ4n) is 4.54. The van der Waals surface area contributed by atoms with Gasteiger partial charge in [0.1, 0.15) is 17.7 Å². The van der Waals surface area contributed by atoms with Gasteiger partial charge in [-0.1, -0.05) is 6.07 Å². The second kappa shape index (κ2) is 6.72. The molecule has 4 rings (SSSR count). The summed E-state index contributed by atoms with van der Waals surface area (Å²) in [6.45, 7) is 1.87. The summed E-state index contributed by atoms with van der Waals surface area (Å²) >= 11 is 0. The van der Waals surface area contributed by atoms with Crippen LogP contribution in [0, 0.1) is 6.92 Å². The Kier molecular flexibility index (Phi) is 4.37. The molecule has 27 heavy (non-hydrogen) atoms. The van der Waals surface area contributed by atoms with E-state index in [9.17, 15) is 9.59 Å². The molecule has 2 amide bonds. The molecule has 2 fully saturated rings. The Morgan fingerprint density at radius 1 is 0.963 bits per heavy atom. The topological polar surface area (TPSA) is 96.9 Å². The van der Waals surface area contributed by atoms with Crippen molar-refractivity contribution >= 4 is 11.8 Å². The minimum atomic E-state index is -0.284. The van der Waals surface area contributed by atoms with Gasteiger partial charge in [0.25, 0.3) is 11.8 Å². The predicted octanol–water partition coefficient (Wildman–Crippen LogP) is 2.19. The third kappa shape index (κ3) is 3.54. The Hall–Kier alpha value is -2.83. The average Bonchev–Trinajstić information content (AvgIpc) is 2.92. The van der Waals surface area contributed by atoms with Gasteiger partial charge < -0.3 is 10.6 Å². The molecule has 2 saturated carbocycles. The van der Waals surface area contributed by atoms with Crippen molar-refractivity contribution in [1.29, 1.82) is 0 Å². The van der Waals surface area contributed by atoms with Gasteiger partial charge in [-0.3, -0.25) is 9.59 Å². The van der Waals surface area contributed by atoms with E-state index in [2.05, 4.69) is 25.6 Å². The molecule has 2 aliphatic carbocycles. The second-order valence-electron chi connectivity index (χ2n) is 7.76. The fourth-order valence-corrected chi connectivity index (χ4v) is 4.54. The van der Waals surface area contributed by atoms with Crippen molar-refractivity contribution in [2.75, 3.05) is 0 Å². The van der Waals surface area contributed by atoms with Crippen LogP contribution in [-0.4, -0.2) is 37.8 Å². The molecule has 2 heterocycles. The van der Waals surface area contributed by atoms with Crippen LogP contribution in [0.25, 0.3) is 0 Å². The monoisotopic (exact) mass is 365 g/mol. The van der Waals surface area contributed by atoms with Crippen LogP contribution in [0.15, 0.2) is 36.8 Å². The zero-order valence-electron chi connectivity index (χ0n) is 15.4. The van der Waals surface area contributed by atoms with E-state index in [1.807, 2.05) is 19.1 Å². The van der Waals surface area contributed by atoms with Crippen molar-refractivity contribution < 1.29 is 9.59 Å². The molecule has 0 aliphatic heterocycles. The third-order valence-electron chi connectivity index (χ3n) is 5.76. The van der Waals surface area contributed by atoms with E-state index in [0.29, 0.717) is 11.4 Å². The number of hydrogen-bond acceptors (Lipinski definition) is 5. The molecule has 7 heteroatoms. The highest BCUT2D eigenvalue weighted by molar-refractivity contribution is 5.93. The van der Waals surface area contributed by atoms with E-state index in [1.54, 1.807) is 18.3 Å². The highest BCUT2D eigenvalue weighted by Gasteiger charge is 2.52. The lowest BCUT2D eigenvalue weighted by molar-refractivity contribution is 0.0827. The number of hydrogen-bond donors (Lipinski definition) is 2. The van der Waals surface area contributed by atoms with E-state index >= 15 is 0 Å². The van der Waals surface area contributed by atoms with Crippen molar-refractivity contribution in [1.82, 2.24) is 25.6 Å². The molecular formula is C20H23N5O2. The lowest BCUT2D eigenvalue weighted by atomic mass is 9.78. The summed E-state index contributed by atoms with van der Waals surface area (Å²) in [5, 5.41) is 6.42. The Morgan fingerprint density at radius 2 is 1.67 bits per heavy atom. The van der Waals surface area contributed by atoms with Gasteiger partial charge in [0.05, 0.1) is 0 Å². The van der Waals surface area contributed by atoms with Crippen molar-refractivity contribution in [3.63, 3.8) is 0 Å². The quantitative estimate of drug-likeness (QED) is 0.866. The molecule has 2 atom stereocenters. The van der Waals surface area contributed by atoms with Crippen LogP contribution in [0.5, 0.6) is 0 Å². The Bertz CT molecular complexity index is 872. The van der Waals surface area contributed by atoms with Crippen LogP contribution in [0.4, 0.5) is 0 Å². The summed E-state index contributed by atoms with van der Waals surface area (Å²) in [5.74, 6) is -0.319. The lowest BCUT2D eigenvalue weighted by Crippen LogP contribution is -2.55. The normalized spacial score (nSPS) is 26.4. The number of rotatable bonds is 4. The molecule has 0 unspecified atom stereocenters. The summed E-state index contributed by atoms with van der Waals surface area (Å²) in [4.78, 5) is 37.5. The van der Waals surface area contributed by atoms with E-state index in [1.165, 1.54) is 6.33 Å². The summed E-state index contributed by atoms with van der Waals surface area (Å²) in [5.41, 5.74) is 1.07. The lowest BCUT2D eigenvalue weighted by Gasteiger charge is -2.40. The molecule has 2 aromatic rings. The molecule has 0 spiro atoms. The molecule has 7 nitrogen and oxygen atoms in total. The number of carbonyl (C=O) groups is 2. The Morgan fingerprint density at radius 3 is 2.30 bits per heavy atom. The van der Waals surface area contributed by atoms with Crippen LogP contribution < -0.4 is 10.6 Å². The van der Waals surface area contributed by atoms with Crippen molar-refractivity contribution in [2.45, 2.75) is 56.5 Å². The van der Waals surface area contributed by atoms with E-state index < -0.39 is 0 Å². The number of aryl methyl sites for hydroxylation is 1. The molecule has 2 aliphatic rings. The average molecular weight is 365 g/mol. The largest absolute Gasteiger partial charge is 0.345 e. The number of nitrogens with one attached hydrogen (secondary N) is 2. The summed E-state index contributed by atoms with van der Waals surface area (Å²) < 4.78 is 0. The molecule has 0 radical (unpaired) electrons. The highest BCUT2D eigenvalue weighted by Crippen LogP contribution is 2.48.